The van der Waals surface area contributed by atoms with Crippen molar-refractivity contribution in [2.24, 2.45) is 0 Å². The summed E-state index contributed by atoms with van der Waals surface area (Å²) in [5, 5.41) is 16.8. The van der Waals surface area contributed by atoms with Gasteiger partial charge in [-0.05, 0) is 42.2 Å². The molecule has 0 atom stereocenters. The van der Waals surface area contributed by atoms with Crippen molar-refractivity contribution in [2.75, 3.05) is 7.11 Å². The number of nitrogens with zero attached hydrogens (tertiary/aromatic N) is 1. The maximum atomic E-state index is 9.29. The second-order valence-corrected chi connectivity index (χ2v) is 6.38. The van der Waals surface area contributed by atoms with Crippen LogP contribution in [-0.4, -0.2) is 22.4 Å². The van der Waals surface area contributed by atoms with Gasteiger partial charge >= 0.3 is 0 Å². The molecule has 1 heterocycles. The fourth-order valence-electron chi connectivity index (χ4n) is 2.23. The first-order valence-corrected chi connectivity index (χ1v) is 7.25. The number of hydrogen-bond donors (Lipinski definition) is 2. The van der Waals surface area contributed by atoms with Gasteiger partial charge in [-0.2, -0.15) is 5.10 Å². The Labute approximate surface area is 126 Å². The van der Waals surface area contributed by atoms with Crippen LogP contribution in [0.1, 0.15) is 43.3 Å². The van der Waals surface area contributed by atoms with Gasteiger partial charge in [-0.3, -0.25) is 5.10 Å². The predicted octanol–water partition coefficient (Wildman–Crippen LogP) is 2.99. The molecule has 0 fully saturated rings. The van der Waals surface area contributed by atoms with E-state index in [0.29, 0.717) is 0 Å². The van der Waals surface area contributed by atoms with Gasteiger partial charge in [-0.25, -0.2) is 0 Å². The molecule has 0 aliphatic heterocycles. The molecule has 0 spiro atoms. The van der Waals surface area contributed by atoms with Crippen LogP contribution in [0.15, 0.2) is 24.3 Å². The van der Waals surface area contributed by atoms with Gasteiger partial charge in [-0.1, -0.05) is 26.8 Å². The third-order valence-electron chi connectivity index (χ3n) is 3.53. The standard InChI is InChI=1S/C17H24N2O2/c1-17(2,3)16-10-14(18-19-16)6-5-12-7-13(11-20)9-15(8-12)21-4/h7-10,20H,5-6,11H2,1-4H3,(H,18,19). The molecule has 0 saturated carbocycles. The van der Waals surface area contributed by atoms with Crippen molar-refractivity contribution in [1.29, 1.82) is 0 Å². The Morgan fingerprint density at radius 1 is 1.10 bits per heavy atom. The van der Waals surface area contributed by atoms with Crippen molar-refractivity contribution >= 4 is 0 Å². The number of hydrogen-bond acceptors (Lipinski definition) is 3. The van der Waals surface area contributed by atoms with Crippen LogP contribution in [0, 0.1) is 0 Å². The topological polar surface area (TPSA) is 58.1 Å². The van der Waals surface area contributed by atoms with E-state index in [2.05, 4.69) is 37.0 Å². The van der Waals surface area contributed by atoms with Crippen LogP contribution in [0.3, 0.4) is 0 Å². The number of aliphatic hydroxyl groups is 1. The summed E-state index contributed by atoms with van der Waals surface area (Å²) in [5.74, 6) is 0.788. The number of ether oxygens (including phenoxy) is 1. The number of rotatable bonds is 5. The predicted molar refractivity (Wildman–Crippen MR) is 83.6 cm³/mol. The highest BCUT2D eigenvalue weighted by molar-refractivity contribution is 5.34. The molecule has 2 aromatic rings. The average Bonchev–Trinajstić information content (AvgIpc) is 2.93. The molecule has 2 N–H and O–H groups in total. The molecule has 0 aliphatic carbocycles. The van der Waals surface area contributed by atoms with E-state index >= 15 is 0 Å². The molecule has 1 aromatic heterocycles. The molecule has 1 aromatic carbocycles. The van der Waals surface area contributed by atoms with Gasteiger partial charge in [-0.15, -0.1) is 0 Å². The van der Waals surface area contributed by atoms with Crippen molar-refractivity contribution in [3.8, 4) is 5.75 Å². The fourth-order valence-corrected chi connectivity index (χ4v) is 2.23. The minimum atomic E-state index is 0.0302. The summed E-state index contributed by atoms with van der Waals surface area (Å²) in [7, 11) is 1.64. The van der Waals surface area contributed by atoms with E-state index in [9.17, 15) is 5.11 Å². The Hall–Kier alpha value is -1.81. The summed E-state index contributed by atoms with van der Waals surface area (Å²) in [6.45, 7) is 6.50. The molecule has 0 bridgehead atoms. The van der Waals surface area contributed by atoms with E-state index in [-0.39, 0.29) is 12.0 Å². The van der Waals surface area contributed by atoms with E-state index in [1.807, 2.05) is 18.2 Å². The van der Waals surface area contributed by atoms with Gasteiger partial charge < -0.3 is 9.84 Å². The lowest BCUT2D eigenvalue weighted by molar-refractivity contribution is 0.281. The maximum absolute atomic E-state index is 9.29. The van der Waals surface area contributed by atoms with Crippen LogP contribution in [-0.2, 0) is 24.9 Å². The summed E-state index contributed by atoms with van der Waals surface area (Å²) in [5.41, 5.74) is 4.32. The second-order valence-electron chi connectivity index (χ2n) is 6.38. The first kappa shape index (κ1) is 15.6. The zero-order valence-corrected chi connectivity index (χ0v) is 13.2. The summed E-state index contributed by atoms with van der Waals surface area (Å²) >= 11 is 0. The molecule has 21 heavy (non-hydrogen) atoms. The first-order chi connectivity index (χ1) is 9.92. The van der Waals surface area contributed by atoms with Crippen molar-refractivity contribution in [3.63, 3.8) is 0 Å². The quantitative estimate of drug-likeness (QED) is 0.889. The van der Waals surface area contributed by atoms with E-state index in [1.54, 1.807) is 7.11 Å². The van der Waals surface area contributed by atoms with Crippen molar-refractivity contribution in [1.82, 2.24) is 10.2 Å². The fraction of sp³-hybridized carbons (Fsp3) is 0.471. The van der Waals surface area contributed by atoms with Crippen molar-refractivity contribution < 1.29 is 9.84 Å². The monoisotopic (exact) mass is 288 g/mol. The highest BCUT2D eigenvalue weighted by Crippen LogP contribution is 2.22. The highest BCUT2D eigenvalue weighted by atomic mass is 16.5. The summed E-state index contributed by atoms with van der Waals surface area (Å²) in [6.07, 6.45) is 1.77. The summed E-state index contributed by atoms with van der Waals surface area (Å²) in [4.78, 5) is 0. The number of aromatic nitrogens is 2. The van der Waals surface area contributed by atoms with Crippen LogP contribution in [0.4, 0.5) is 0 Å². The number of H-pyrrole nitrogens is 1. The Bertz CT molecular complexity index is 575. The lowest BCUT2D eigenvalue weighted by Gasteiger charge is -2.13. The summed E-state index contributed by atoms with van der Waals surface area (Å²) in [6, 6.07) is 8.02. The molecule has 2 rings (SSSR count). The minimum absolute atomic E-state index is 0.0302. The van der Waals surface area contributed by atoms with Crippen molar-refractivity contribution in [3.05, 3.63) is 46.8 Å². The van der Waals surface area contributed by atoms with Crippen LogP contribution < -0.4 is 4.74 Å². The molecule has 4 heteroatoms. The van der Waals surface area contributed by atoms with E-state index in [0.717, 1.165) is 41.1 Å². The molecular weight excluding hydrogens is 264 g/mol. The zero-order chi connectivity index (χ0) is 15.5. The average molecular weight is 288 g/mol. The van der Waals surface area contributed by atoms with Crippen LogP contribution in [0.25, 0.3) is 0 Å². The first-order valence-electron chi connectivity index (χ1n) is 7.25. The van der Waals surface area contributed by atoms with E-state index < -0.39 is 0 Å². The molecule has 114 valence electrons. The molecule has 0 radical (unpaired) electrons. The van der Waals surface area contributed by atoms with E-state index in [4.69, 9.17) is 4.74 Å². The Kier molecular flexibility index (Phi) is 4.68. The lowest BCUT2D eigenvalue weighted by Crippen LogP contribution is -2.11. The second kappa shape index (κ2) is 6.31. The van der Waals surface area contributed by atoms with E-state index in [1.165, 1.54) is 0 Å². The van der Waals surface area contributed by atoms with Crippen LogP contribution >= 0.6 is 0 Å². The van der Waals surface area contributed by atoms with Gasteiger partial charge in [0.15, 0.2) is 0 Å². The normalized spacial score (nSPS) is 11.7. The molecular formula is C17H24N2O2. The lowest BCUT2D eigenvalue weighted by atomic mass is 9.92. The largest absolute Gasteiger partial charge is 0.497 e. The number of nitrogens with one attached hydrogen (secondary N) is 1. The van der Waals surface area contributed by atoms with Gasteiger partial charge in [0.2, 0.25) is 0 Å². The molecule has 0 amide bonds. The van der Waals surface area contributed by atoms with Gasteiger partial charge in [0, 0.05) is 11.1 Å². The molecule has 0 unspecified atom stereocenters. The van der Waals surface area contributed by atoms with Crippen molar-refractivity contribution in [2.45, 2.75) is 45.6 Å². The minimum Gasteiger partial charge on any atom is -0.497 e. The highest BCUT2D eigenvalue weighted by Gasteiger charge is 2.17. The Morgan fingerprint density at radius 2 is 1.81 bits per heavy atom. The molecule has 4 nitrogen and oxygen atoms in total. The Balaban J connectivity index is 2.07. The van der Waals surface area contributed by atoms with Crippen LogP contribution in [0.5, 0.6) is 5.75 Å². The van der Waals surface area contributed by atoms with Crippen LogP contribution in [0.2, 0.25) is 0 Å². The Morgan fingerprint density at radius 3 is 2.38 bits per heavy atom. The smallest absolute Gasteiger partial charge is 0.119 e. The number of benzene rings is 1. The third-order valence-corrected chi connectivity index (χ3v) is 3.53. The SMILES string of the molecule is COc1cc(CO)cc(CCc2cc(C(C)(C)C)n[nH]2)c1. The third kappa shape index (κ3) is 4.08. The number of aryl methyl sites for hydroxylation is 2. The van der Waals surface area contributed by atoms with Gasteiger partial charge in [0.1, 0.15) is 5.75 Å². The maximum Gasteiger partial charge on any atom is 0.119 e. The van der Waals surface area contributed by atoms with Gasteiger partial charge in [0.25, 0.3) is 0 Å². The summed E-state index contributed by atoms with van der Waals surface area (Å²) < 4.78 is 5.27. The zero-order valence-electron chi connectivity index (χ0n) is 13.2. The number of aliphatic hydroxyl groups excluding tert-OH is 1. The molecule has 0 aliphatic rings. The molecule has 0 saturated heterocycles. The number of methoxy groups -OCH3 is 1. The van der Waals surface area contributed by atoms with Gasteiger partial charge in [0.05, 0.1) is 19.4 Å². The number of aromatic amines is 1.